The average Bonchev–Trinajstić information content (AvgIpc) is 3.30. The van der Waals surface area contributed by atoms with Crippen LogP contribution in [0.2, 0.25) is 0 Å². The van der Waals surface area contributed by atoms with E-state index in [1.54, 1.807) is 28.7 Å². The van der Waals surface area contributed by atoms with Gasteiger partial charge in [0.25, 0.3) is 0 Å². The number of ether oxygens (including phenoxy) is 1. The molecule has 38 heavy (non-hydrogen) atoms. The van der Waals surface area contributed by atoms with Gasteiger partial charge in [-0.15, -0.1) is 0 Å². The topological polar surface area (TPSA) is 66.8 Å². The van der Waals surface area contributed by atoms with Crippen molar-refractivity contribution in [3.63, 3.8) is 0 Å². The highest BCUT2D eigenvalue weighted by atomic mass is 16.6. The molecule has 0 radical (unpaired) electrons. The molecule has 0 bridgehead atoms. The van der Waals surface area contributed by atoms with Crippen LogP contribution >= 0.6 is 0 Å². The van der Waals surface area contributed by atoms with Crippen LogP contribution in [0.15, 0.2) is 22.8 Å². The van der Waals surface area contributed by atoms with Gasteiger partial charge in [0.05, 0.1) is 0 Å². The van der Waals surface area contributed by atoms with Gasteiger partial charge in [-0.1, -0.05) is 44.3 Å². The smallest absolute Gasteiger partial charge is 0.409 e. The van der Waals surface area contributed by atoms with Crippen molar-refractivity contribution < 1.29 is 19.4 Å². The Kier molecular flexibility index (Phi) is 10.2. The minimum absolute atomic E-state index is 0.00954. The van der Waals surface area contributed by atoms with Gasteiger partial charge in [-0.2, -0.15) is 0 Å². The van der Waals surface area contributed by atoms with Crippen molar-refractivity contribution in [2.45, 2.75) is 123 Å². The lowest BCUT2D eigenvalue weighted by molar-refractivity contribution is -0.126. The summed E-state index contributed by atoms with van der Waals surface area (Å²) in [5, 5.41) is 9.23. The predicted molar refractivity (Wildman–Crippen MR) is 153 cm³/mol. The number of carbonyl (C=O) groups is 2. The largest absolute Gasteiger partial charge is 0.449 e. The van der Waals surface area contributed by atoms with Crippen LogP contribution in [-0.4, -0.2) is 48.2 Å². The van der Waals surface area contributed by atoms with Crippen molar-refractivity contribution >= 4 is 11.9 Å². The molecule has 4 aliphatic rings. The first-order chi connectivity index (χ1) is 18.3. The van der Waals surface area contributed by atoms with Gasteiger partial charge in [-0.25, -0.2) is 4.79 Å². The van der Waals surface area contributed by atoms with E-state index in [1.807, 2.05) is 13.8 Å². The Bertz CT molecular complexity index is 905. The molecule has 0 aliphatic heterocycles. The van der Waals surface area contributed by atoms with Crippen LogP contribution in [-0.2, 0) is 9.53 Å². The van der Waals surface area contributed by atoms with Gasteiger partial charge in [0.2, 0.25) is 0 Å². The number of fused-ring (bicyclic) bond motifs is 4. The standard InChI is InChI=1S/C33H53NO4/c1-23(2)34(4)32(37)38-21-18-30(36)26(14-7-5-6-10-20-35)28-22-33(3)19-11-15-29(33)27-17-16-24-12-8-9-13-25(24)31(27)28/h12,23,26-29,35H,5-11,13-22H2,1-4H3/t26?,27?,28-,29?,33+/m1/s1. The third kappa shape index (κ3) is 6.40. The molecule has 214 valence electrons. The zero-order valence-corrected chi connectivity index (χ0v) is 24.6. The summed E-state index contributed by atoms with van der Waals surface area (Å²) in [4.78, 5) is 28.0. The number of rotatable bonds is 12. The molecular weight excluding hydrogens is 474 g/mol. The lowest BCUT2D eigenvalue weighted by Gasteiger charge is -2.52. The van der Waals surface area contributed by atoms with Crippen LogP contribution in [0, 0.1) is 29.1 Å². The summed E-state index contributed by atoms with van der Waals surface area (Å²) in [6, 6.07) is 0.0709. The van der Waals surface area contributed by atoms with Crippen LogP contribution in [0.5, 0.6) is 0 Å². The van der Waals surface area contributed by atoms with Gasteiger partial charge in [0.15, 0.2) is 0 Å². The summed E-state index contributed by atoms with van der Waals surface area (Å²) >= 11 is 0. The average molecular weight is 528 g/mol. The molecular formula is C33H53NO4. The Balaban J connectivity index is 1.58. The van der Waals surface area contributed by atoms with Crippen molar-refractivity contribution in [3.05, 3.63) is 22.8 Å². The van der Waals surface area contributed by atoms with E-state index < -0.39 is 0 Å². The molecule has 5 heteroatoms. The molecule has 5 nitrogen and oxygen atoms in total. The van der Waals surface area contributed by atoms with E-state index in [4.69, 9.17) is 4.74 Å². The quantitative estimate of drug-likeness (QED) is 0.265. The minimum atomic E-state index is -0.346. The number of nitrogens with zero attached hydrogens (tertiary/aromatic N) is 1. The predicted octanol–water partition coefficient (Wildman–Crippen LogP) is 7.62. The van der Waals surface area contributed by atoms with E-state index in [-0.39, 0.29) is 37.0 Å². The number of ketones is 1. The molecule has 3 unspecified atom stereocenters. The highest BCUT2D eigenvalue weighted by molar-refractivity contribution is 5.82. The minimum Gasteiger partial charge on any atom is -0.449 e. The molecule has 0 saturated heterocycles. The number of aliphatic hydroxyl groups excluding tert-OH is 1. The summed E-state index contributed by atoms with van der Waals surface area (Å²) in [6.07, 6.45) is 18.6. The Morgan fingerprint density at radius 2 is 1.92 bits per heavy atom. The molecule has 5 atom stereocenters. The van der Waals surface area contributed by atoms with Crippen molar-refractivity contribution in [2.24, 2.45) is 29.1 Å². The van der Waals surface area contributed by atoms with Crippen molar-refractivity contribution in [1.29, 1.82) is 0 Å². The third-order valence-corrected chi connectivity index (χ3v) is 10.6. The molecule has 4 aliphatic carbocycles. The summed E-state index contributed by atoms with van der Waals surface area (Å²) in [5.41, 5.74) is 5.25. The molecule has 2 saturated carbocycles. The molecule has 0 aromatic carbocycles. The Morgan fingerprint density at radius 1 is 1.13 bits per heavy atom. The number of amides is 1. The van der Waals surface area contributed by atoms with Crippen molar-refractivity contribution in [3.8, 4) is 0 Å². The lowest BCUT2D eigenvalue weighted by atomic mass is 9.52. The number of unbranched alkanes of at least 4 members (excludes halogenated alkanes) is 3. The molecule has 1 amide bonds. The van der Waals surface area contributed by atoms with E-state index in [0.29, 0.717) is 23.7 Å². The maximum atomic E-state index is 14.0. The molecule has 1 N–H and O–H groups in total. The normalized spacial score (nSPS) is 29.3. The number of allylic oxidation sites excluding steroid dienone is 4. The Morgan fingerprint density at radius 3 is 2.68 bits per heavy atom. The zero-order valence-electron chi connectivity index (χ0n) is 24.6. The lowest BCUT2D eigenvalue weighted by Crippen LogP contribution is -2.45. The maximum Gasteiger partial charge on any atom is 0.409 e. The van der Waals surface area contributed by atoms with E-state index in [0.717, 1.165) is 44.4 Å². The Hall–Kier alpha value is -1.62. The zero-order chi connectivity index (χ0) is 27.3. The second-order valence-electron chi connectivity index (χ2n) is 13.2. The molecule has 0 aromatic rings. The molecule has 0 aromatic heterocycles. The van der Waals surface area contributed by atoms with E-state index in [1.165, 1.54) is 51.4 Å². The van der Waals surface area contributed by atoms with Crippen molar-refractivity contribution in [1.82, 2.24) is 4.90 Å². The van der Waals surface area contributed by atoms with E-state index in [2.05, 4.69) is 13.0 Å². The van der Waals surface area contributed by atoms with Gasteiger partial charge >= 0.3 is 6.09 Å². The van der Waals surface area contributed by atoms with E-state index >= 15 is 0 Å². The van der Waals surface area contributed by atoms with Crippen LogP contribution < -0.4 is 0 Å². The fourth-order valence-corrected chi connectivity index (χ4v) is 8.35. The van der Waals surface area contributed by atoms with Gasteiger partial charge < -0.3 is 14.7 Å². The molecule has 4 rings (SSSR count). The van der Waals surface area contributed by atoms with E-state index in [9.17, 15) is 14.7 Å². The molecule has 0 spiro atoms. The first-order valence-corrected chi connectivity index (χ1v) is 15.7. The fourth-order valence-electron chi connectivity index (χ4n) is 8.35. The summed E-state index contributed by atoms with van der Waals surface area (Å²) in [5.74, 6) is 2.05. The number of Topliss-reactive ketones (excluding diaryl/α,β-unsaturated/α-hetero) is 1. The highest BCUT2D eigenvalue weighted by Gasteiger charge is 2.54. The van der Waals surface area contributed by atoms with Gasteiger partial charge in [-0.3, -0.25) is 4.79 Å². The number of hydrogen-bond acceptors (Lipinski definition) is 4. The van der Waals surface area contributed by atoms with Gasteiger partial charge in [-0.05, 0) is 112 Å². The van der Waals surface area contributed by atoms with Crippen LogP contribution in [0.25, 0.3) is 0 Å². The van der Waals surface area contributed by atoms with Crippen LogP contribution in [0.3, 0.4) is 0 Å². The highest BCUT2D eigenvalue weighted by Crippen LogP contribution is 2.63. The first-order valence-electron chi connectivity index (χ1n) is 15.7. The summed E-state index contributed by atoms with van der Waals surface area (Å²) < 4.78 is 5.53. The fraction of sp³-hybridized carbons (Fsp3) is 0.818. The third-order valence-electron chi connectivity index (χ3n) is 10.6. The Labute approximate surface area is 231 Å². The summed E-state index contributed by atoms with van der Waals surface area (Å²) in [7, 11) is 1.75. The van der Waals surface area contributed by atoms with Crippen LogP contribution in [0.1, 0.15) is 117 Å². The second-order valence-corrected chi connectivity index (χ2v) is 13.2. The maximum absolute atomic E-state index is 14.0. The summed E-state index contributed by atoms with van der Waals surface area (Å²) in [6.45, 7) is 6.86. The molecule has 0 heterocycles. The van der Waals surface area contributed by atoms with Crippen LogP contribution in [0.4, 0.5) is 4.79 Å². The monoisotopic (exact) mass is 527 g/mol. The SMILES string of the molecule is CC(C)N(C)C(=O)OCCC(=O)C(CCCCCCO)[C@H]1C[C@]2(C)CCCC2C2CCC3=CCCCC3=C21. The number of carbonyl (C=O) groups excluding carboxylic acids is 2. The van der Waals surface area contributed by atoms with Gasteiger partial charge in [0.1, 0.15) is 12.4 Å². The molecule has 2 fully saturated rings. The second kappa shape index (κ2) is 13.2. The first kappa shape index (κ1) is 29.4. The van der Waals surface area contributed by atoms with Gasteiger partial charge in [0, 0.05) is 32.0 Å². The number of hydrogen-bond donors (Lipinski definition) is 1. The number of aliphatic hydroxyl groups is 1. The van der Waals surface area contributed by atoms with Crippen molar-refractivity contribution in [2.75, 3.05) is 20.3 Å².